The minimum absolute atomic E-state index is 0.772. The lowest BCUT2D eigenvalue weighted by Gasteiger charge is -2.16. The molecule has 0 aromatic rings. The van der Waals surface area contributed by atoms with E-state index >= 15 is 0 Å². The van der Waals surface area contributed by atoms with Crippen LogP contribution in [-0.2, 0) is 9.47 Å². The summed E-state index contributed by atoms with van der Waals surface area (Å²) >= 11 is 0. The van der Waals surface area contributed by atoms with Crippen molar-refractivity contribution in [1.29, 1.82) is 0 Å². The fourth-order valence-corrected chi connectivity index (χ4v) is 1.56. The third-order valence-corrected chi connectivity index (χ3v) is 2.73. The van der Waals surface area contributed by atoms with E-state index < -0.39 is 0 Å². The molecular formula is C13H30N4O2. The summed E-state index contributed by atoms with van der Waals surface area (Å²) in [5, 5.41) is 6.55. The first kappa shape index (κ1) is 18.1. The minimum atomic E-state index is 0.772. The van der Waals surface area contributed by atoms with Crippen LogP contribution < -0.4 is 10.6 Å². The summed E-state index contributed by atoms with van der Waals surface area (Å²) in [6, 6.07) is 0. The van der Waals surface area contributed by atoms with Gasteiger partial charge in [0.25, 0.3) is 0 Å². The number of methoxy groups -OCH3 is 2. The SMILES string of the molecule is CN=C(NCCCOC)NCCCN(C)CCOC. The second-order valence-corrected chi connectivity index (χ2v) is 4.42. The van der Waals surface area contributed by atoms with Crippen molar-refractivity contribution in [2.75, 3.05) is 67.7 Å². The lowest BCUT2D eigenvalue weighted by Crippen LogP contribution is -2.39. The van der Waals surface area contributed by atoms with Gasteiger partial charge in [-0.25, -0.2) is 0 Å². The molecule has 6 heteroatoms. The van der Waals surface area contributed by atoms with Gasteiger partial charge in [0.05, 0.1) is 6.61 Å². The number of nitrogens with one attached hydrogen (secondary N) is 2. The average molecular weight is 274 g/mol. The lowest BCUT2D eigenvalue weighted by molar-refractivity contribution is 0.161. The predicted octanol–water partition coefficient (Wildman–Crippen LogP) is 0.156. The predicted molar refractivity (Wildman–Crippen MR) is 79.8 cm³/mol. The molecule has 0 saturated carbocycles. The number of ether oxygens (including phenoxy) is 2. The van der Waals surface area contributed by atoms with Gasteiger partial charge in [-0.3, -0.25) is 4.99 Å². The second-order valence-electron chi connectivity index (χ2n) is 4.42. The number of guanidine groups is 1. The molecule has 0 atom stereocenters. The highest BCUT2D eigenvalue weighted by Crippen LogP contribution is 1.86. The first-order chi connectivity index (χ1) is 9.24. The molecule has 0 bridgehead atoms. The molecule has 0 saturated heterocycles. The fourth-order valence-electron chi connectivity index (χ4n) is 1.56. The molecule has 0 heterocycles. The third kappa shape index (κ3) is 11.9. The average Bonchev–Trinajstić information content (AvgIpc) is 2.43. The normalized spacial score (nSPS) is 11.9. The van der Waals surface area contributed by atoms with Gasteiger partial charge in [-0.15, -0.1) is 0 Å². The summed E-state index contributed by atoms with van der Waals surface area (Å²) < 4.78 is 10.0. The molecule has 6 nitrogen and oxygen atoms in total. The Bertz CT molecular complexity index is 225. The Labute approximate surface area is 117 Å². The lowest BCUT2D eigenvalue weighted by atomic mass is 10.4. The monoisotopic (exact) mass is 274 g/mol. The highest BCUT2D eigenvalue weighted by molar-refractivity contribution is 5.79. The molecule has 114 valence electrons. The van der Waals surface area contributed by atoms with E-state index in [0.717, 1.165) is 58.2 Å². The molecule has 2 N–H and O–H groups in total. The molecule has 0 aromatic carbocycles. The second kappa shape index (κ2) is 13.6. The van der Waals surface area contributed by atoms with Crippen LogP contribution in [0.5, 0.6) is 0 Å². The van der Waals surface area contributed by atoms with Gasteiger partial charge >= 0.3 is 0 Å². The molecule has 0 amide bonds. The molecule has 0 aromatic heterocycles. The van der Waals surface area contributed by atoms with Gasteiger partial charge in [0.2, 0.25) is 0 Å². The van der Waals surface area contributed by atoms with Gasteiger partial charge in [0.15, 0.2) is 5.96 Å². The number of aliphatic imine (C=N–C) groups is 1. The zero-order valence-corrected chi connectivity index (χ0v) is 12.9. The minimum Gasteiger partial charge on any atom is -0.385 e. The Balaban J connectivity index is 3.50. The van der Waals surface area contributed by atoms with E-state index in [1.165, 1.54) is 0 Å². The summed E-state index contributed by atoms with van der Waals surface area (Å²) in [6.45, 7) is 5.38. The molecule has 0 aliphatic heterocycles. The van der Waals surface area contributed by atoms with Crippen LogP contribution >= 0.6 is 0 Å². The van der Waals surface area contributed by atoms with Crippen molar-refractivity contribution in [3.05, 3.63) is 0 Å². The molecule has 0 aliphatic rings. The Morgan fingerprint density at radius 3 is 2.21 bits per heavy atom. The number of rotatable bonds is 11. The van der Waals surface area contributed by atoms with Crippen LogP contribution in [0.2, 0.25) is 0 Å². The van der Waals surface area contributed by atoms with E-state index in [-0.39, 0.29) is 0 Å². The van der Waals surface area contributed by atoms with Gasteiger partial charge in [-0.1, -0.05) is 0 Å². The zero-order valence-electron chi connectivity index (χ0n) is 12.9. The van der Waals surface area contributed by atoms with Crippen molar-refractivity contribution in [2.45, 2.75) is 12.8 Å². The van der Waals surface area contributed by atoms with Gasteiger partial charge in [0, 0.05) is 47.5 Å². The van der Waals surface area contributed by atoms with Crippen molar-refractivity contribution >= 4 is 5.96 Å². The molecule has 19 heavy (non-hydrogen) atoms. The topological polar surface area (TPSA) is 58.1 Å². The van der Waals surface area contributed by atoms with Gasteiger partial charge in [0.1, 0.15) is 0 Å². The number of hydrogen-bond acceptors (Lipinski definition) is 4. The van der Waals surface area contributed by atoms with E-state index in [9.17, 15) is 0 Å². The summed E-state index contributed by atoms with van der Waals surface area (Å²) in [5.41, 5.74) is 0. The smallest absolute Gasteiger partial charge is 0.190 e. The van der Waals surface area contributed by atoms with Crippen molar-refractivity contribution in [3.8, 4) is 0 Å². The van der Waals surface area contributed by atoms with Crippen LogP contribution in [0.4, 0.5) is 0 Å². The maximum Gasteiger partial charge on any atom is 0.190 e. The molecule has 0 radical (unpaired) electrons. The largest absolute Gasteiger partial charge is 0.385 e. The maximum atomic E-state index is 5.04. The standard InChI is InChI=1S/C13H30N4O2/c1-14-13(16-8-6-11-18-3)15-7-5-9-17(2)10-12-19-4/h5-12H2,1-4H3,(H2,14,15,16). The van der Waals surface area contributed by atoms with Crippen molar-refractivity contribution in [1.82, 2.24) is 15.5 Å². The van der Waals surface area contributed by atoms with Gasteiger partial charge in [-0.05, 0) is 26.4 Å². The van der Waals surface area contributed by atoms with Crippen LogP contribution in [0.1, 0.15) is 12.8 Å². The van der Waals surface area contributed by atoms with Crippen molar-refractivity contribution in [3.63, 3.8) is 0 Å². The molecule has 0 rings (SSSR count). The number of nitrogens with zero attached hydrogens (tertiary/aromatic N) is 2. The van der Waals surface area contributed by atoms with Crippen molar-refractivity contribution in [2.24, 2.45) is 4.99 Å². The van der Waals surface area contributed by atoms with Crippen LogP contribution in [0.25, 0.3) is 0 Å². The zero-order chi connectivity index (χ0) is 14.3. The van der Waals surface area contributed by atoms with Crippen LogP contribution in [0.3, 0.4) is 0 Å². The maximum absolute atomic E-state index is 5.04. The van der Waals surface area contributed by atoms with Crippen molar-refractivity contribution < 1.29 is 9.47 Å². The summed E-state index contributed by atoms with van der Waals surface area (Å²) in [7, 11) is 7.34. The Kier molecular flexibility index (Phi) is 13.0. The van der Waals surface area contributed by atoms with E-state index in [0.29, 0.717) is 0 Å². The number of hydrogen-bond donors (Lipinski definition) is 2. The quantitative estimate of drug-likeness (QED) is 0.319. The van der Waals surface area contributed by atoms with E-state index in [2.05, 4.69) is 27.6 Å². The first-order valence-corrected chi connectivity index (χ1v) is 6.85. The van der Waals surface area contributed by atoms with E-state index in [1.807, 2.05) is 0 Å². The number of likely N-dealkylation sites (N-methyl/N-ethyl adjacent to an activating group) is 1. The molecule has 0 fully saturated rings. The van der Waals surface area contributed by atoms with Crippen LogP contribution in [0.15, 0.2) is 4.99 Å². The summed E-state index contributed by atoms with van der Waals surface area (Å²) in [4.78, 5) is 6.44. The summed E-state index contributed by atoms with van der Waals surface area (Å²) in [5.74, 6) is 0.857. The third-order valence-electron chi connectivity index (χ3n) is 2.73. The Hall–Kier alpha value is -0.850. The molecular weight excluding hydrogens is 244 g/mol. The van der Waals surface area contributed by atoms with Crippen LogP contribution in [0, 0.1) is 0 Å². The highest BCUT2D eigenvalue weighted by Gasteiger charge is 1.99. The molecule has 0 aliphatic carbocycles. The van der Waals surface area contributed by atoms with E-state index in [4.69, 9.17) is 9.47 Å². The van der Waals surface area contributed by atoms with Gasteiger partial charge in [-0.2, -0.15) is 0 Å². The molecule has 0 unspecified atom stereocenters. The summed E-state index contributed by atoms with van der Waals surface area (Å²) in [6.07, 6.45) is 2.07. The Morgan fingerprint density at radius 1 is 1.00 bits per heavy atom. The first-order valence-electron chi connectivity index (χ1n) is 6.85. The van der Waals surface area contributed by atoms with Gasteiger partial charge < -0.3 is 25.0 Å². The molecule has 0 spiro atoms. The highest BCUT2D eigenvalue weighted by atomic mass is 16.5. The fraction of sp³-hybridized carbons (Fsp3) is 0.923. The van der Waals surface area contributed by atoms with E-state index in [1.54, 1.807) is 21.3 Å². The Morgan fingerprint density at radius 2 is 1.63 bits per heavy atom. The van der Waals surface area contributed by atoms with Crippen LogP contribution in [-0.4, -0.2) is 78.6 Å².